The molecule has 0 saturated carbocycles. The molecule has 0 saturated heterocycles. The lowest BCUT2D eigenvalue weighted by Crippen LogP contribution is -2.30. The average Bonchev–Trinajstić information content (AvgIpc) is 2.72. The maximum atomic E-state index is 12.3. The summed E-state index contributed by atoms with van der Waals surface area (Å²) in [5, 5.41) is 15.8. The third-order valence-corrected chi connectivity index (χ3v) is 6.12. The molecule has 3 aromatic carbocycles. The number of aryl methyl sites for hydroxylation is 1. The summed E-state index contributed by atoms with van der Waals surface area (Å²) >= 11 is 1.52. The lowest BCUT2D eigenvalue weighted by atomic mass is 9.87. The summed E-state index contributed by atoms with van der Waals surface area (Å²) in [7, 11) is 0. The quantitative estimate of drug-likeness (QED) is 0.653. The highest BCUT2D eigenvalue weighted by molar-refractivity contribution is 8.02. The lowest BCUT2D eigenvalue weighted by Gasteiger charge is -2.25. The van der Waals surface area contributed by atoms with Crippen LogP contribution in [0.2, 0.25) is 0 Å². The van der Waals surface area contributed by atoms with Gasteiger partial charge in [-0.2, -0.15) is 5.26 Å². The van der Waals surface area contributed by atoms with Crippen molar-refractivity contribution in [2.24, 2.45) is 0 Å². The number of nitrogens with zero attached hydrogens (tertiary/aromatic N) is 1. The molecule has 1 aliphatic rings. The van der Waals surface area contributed by atoms with Gasteiger partial charge in [0.25, 0.3) is 0 Å². The monoisotopic (exact) mass is 384 g/mol. The number of carbonyl (C=O) groups excluding carboxylic acids is 1. The molecule has 3 nitrogen and oxygen atoms in total. The zero-order valence-electron chi connectivity index (χ0n) is 15.6. The summed E-state index contributed by atoms with van der Waals surface area (Å²) in [5.41, 5.74) is 3.99. The summed E-state index contributed by atoms with van der Waals surface area (Å²) in [5.74, 6) is 0.482. The first-order valence-electron chi connectivity index (χ1n) is 9.25. The Morgan fingerprint density at radius 2 is 1.82 bits per heavy atom. The van der Waals surface area contributed by atoms with Crippen LogP contribution in [0.1, 0.15) is 29.0 Å². The zero-order chi connectivity index (χ0) is 19.5. The molecule has 0 bridgehead atoms. The average molecular weight is 385 g/mol. The molecule has 0 aliphatic carbocycles. The van der Waals surface area contributed by atoms with E-state index in [0.29, 0.717) is 22.8 Å². The van der Waals surface area contributed by atoms with Gasteiger partial charge >= 0.3 is 0 Å². The van der Waals surface area contributed by atoms with Gasteiger partial charge in [0.1, 0.15) is 0 Å². The molecule has 138 valence electrons. The molecule has 28 heavy (non-hydrogen) atoms. The Bertz CT molecular complexity index is 1110. The van der Waals surface area contributed by atoms with Crippen molar-refractivity contribution in [3.8, 4) is 6.07 Å². The van der Waals surface area contributed by atoms with Gasteiger partial charge in [-0.1, -0.05) is 72.3 Å². The number of allylic oxidation sites excluding steroid dienone is 1. The number of thioether (sulfide) groups is 1. The van der Waals surface area contributed by atoms with E-state index in [-0.39, 0.29) is 11.8 Å². The van der Waals surface area contributed by atoms with Crippen molar-refractivity contribution in [3.63, 3.8) is 0 Å². The standard InChI is InChI=1S/C24H20N2OS/c1-16-6-9-19(10-7-16)21-13-23(27)26-24(22(21)14-25)28-15-17-8-11-18-4-2-3-5-20(18)12-17/h2-12,21H,13,15H2,1H3,(H,26,27). The molecule has 4 heteroatoms. The number of amides is 1. The fourth-order valence-electron chi connectivity index (χ4n) is 3.50. The SMILES string of the molecule is Cc1ccc(C2CC(=O)NC(SCc3ccc4ccccc4c3)=C2C#N)cc1. The molecule has 1 unspecified atom stereocenters. The number of fused-ring (bicyclic) bond motifs is 1. The molecule has 0 radical (unpaired) electrons. The number of hydrogen-bond donors (Lipinski definition) is 1. The van der Waals surface area contributed by atoms with E-state index in [1.54, 1.807) is 0 Å². The fraction of sp³-hybridized carbons (Fsp3) is 0.167. The van der Waals surface area contributed by atoms with Crippen molar-refractivity contribution < 1.29 is 4.79 Å². The second-order valence-corrected chi connectivity index (χ2v) is 8.03. The van der Waals surface area contributed by atoms with Crippen LogP contribution in [0.4, 0.5) is 0 Å². The molecule has 1 aliphatic heterocycles. The van der Waals surface area contributed by atoms with E-state index < -0.39 is 0 Å². The highest BCUT2D eigenvalue weighted by Gasteiger charge is 2.29. The van der Waals surface area contributed by atoms with Crippen LogP contribution in [0.3, 0.4) is 0 Å². The van der Waals surface area contributed by atoms with Crippen LogP contribution in [0.5, 0.6) is 0 Å². The number of carbonyl (C=O) groups is 1. The van der Waals surface area contributed by atoms with Crippen molar-refractivity contribution in [1.29, 1.82) is 5.26 Å². The van der Waals surface area contributed by atoms with Crippen LogP contribution in [-0.4, -0.2) is 5.91 Å². The van der Waals surface area contributed by atoms with Crippen LogP contribution < -0.4 is 5.32 Å². The first-order valence-corrected chi connectivity index (χ1v) is 10.2. The van der Waals surface area contributed by atoms with E-state index in [2.05, 4.69) is 41.7 Å². The summed E-state index contributed by atoms with van der Waals surface area (Å²) in [6.45, 7) is 2.03. The first-order chi connectivity index (χ1) is 13.6. The first kappa shape index (κ1) is 18.3. The summed E-state index contributed by atoms with van der Waals surface area (Å²) in [6.07, 6.45) is 0.311. The Morgan fingerprint density at radius 1 is 1.07 bits per heavy atom. The molecular formula is C24H20N2OS. The van der Waals surface area contributed by atoms with Gasteiger partial charge in [-0.3, -0.25) is 4.79 Å². The van der Waals surface area contributed by atoms with Gasteiger partial charge in [0.15, 0.2) is 0 Å². The van der Waals surface area contributed by atoms with Gasteiger partial charge < -0.3 is 5.32 Å². The summed E-state index contributed by atoms with van der Waals surface area (Å²) in [6, 6.07) is 25.1. The largest absolute Gasteiger partial charge is 0.320 e. The Kier molecular flexibility index (Phi) is 5.18. The Hall–Kier alpha value is -3.03. The number of benzene rings is 3. The predicted octanol–water partition coefficient (Wildman–Crippen LogP) is 5.42. The van der Waals surface area contributed by atoms with Gasteiger partial charge in [0.2, 0.25) is 5.91 Å². The van der Waals surface area contributed by atoms with E-state index >= 15 is 0 Å². The molecule has 0 fully saturated rings. The molecule has 4 rings (SSSR count). The third kappa shape index (κ3) is 3.81. The topological polar surface area (TPSA) is 52.9 Å². The number of rotatable bonds is 4. The van der Waals surface area contributed by atoms with Crippen molar-refractivity contribution in [2.75, 3.05) is 0 Å². The van der Waals surface area contributed by atoms with E-state index in [1.807, 2.05) is 43.3 Å². The van der Waals surface area contributed by atoms with E-state index in [0.717, 1.165) is 11.1 Å². The highest BCUT2D eigenvalue weighted by Crippen LogP contribution is 2.37. The van der Waals surface area contributed by atoms with Crippen LogP contribution in [-0.2, 0) is 10.5 Å². The van der Waals surface area contributed by atoms with E-state index in [4.69, 9.17) is 0 Å². The second-order valence-electron chi connectivity index (χ2n) is 7.04. The Morgan fingerprint density at radius 3 is 2.57 bits per heavy atom. The maximum absolute atomic E-state index is 12.3. The predicted molar refractivity (Wildman–Crippen MR) is 115 cm³/mol. The molecule has 0 aromatic heterocycles. The van der Waals surface area contributed by atoms with Crippen LogP contribution in [0.15, 0.2) is 77.3 Å². The van der Waals surface area contributed by atoms with Gasteiger partial charge in [0, 0.05) is 18.1 Å². The molecule has 1 amide bonds. The van der Waals surface area contributed by atoms with Crippen molar-refractivity contribution in [2.45, 2.75) is 25.0 Å². The zero-order valence-corrected chi connectivity index (χ0v) is 16.4. The van der Waals surface area contributed by atoms with Crippen molar-refractivity contribution >= 4 is 28.4 Å². The normalized spacial score (nSPS) is 16.7. The number of hydrogen-bond acceptors (Lipinski definition) is 3. The van der Waals surface area contributed by atoms with Crippen molar-refractivity contribution in [3.05, 3.63) is 94.0 Å². The lowest BCUT2D eigenvalue weighted by molar-refractivity contribution is -0.120. The molecular weight excluding hydrogens is 364 g/mol. The summed E-state index contributed by atoms with van der Waals surface area (Å²) in [4.78, 5) is 12.3. The summed E-state index contributed by atoms with van der Waals surface area (Å²) < 4.78 is 0. The molecule has 3 aromatic rings. The minimum Gasteiger partial charge on any atom is -0.320 e. The second kappa shape index (κ2) is 7.92. The van der Waals surface area contributed by atoms with Crippen LogP contribution in [0, 0.1) is 18.3 Å². The molecule has 0 spiro atoms. The van der Waals surface area contributed by atoms with Gasteiger partial charge in [0.05, 0.1) is 16.7 Å². The smallest absolute Gasteiger partial charge is 0.225 e. The molecule has 1 atom stereocenters. The third-order valence-electron chi connectivity index (χ3n) is 5.03. The van der Waals surface area contributed by atoms with Gasteiger partial charge in [-0.25, -0.2) is 0 Å². The van der Waals surface area contributed by atoms with Crippen molar-refractivity contribution in [1.82, 2.24) is 5.32 Å². The Labute approximate surface area is 169 Å². The fourth-order valence-corrected chi connectivity index (χ4v) is 4.52. The Balaban J connectivity index is 1.60. The maximum Gasteiger partial charge on any atom is 0.225 e. The van der Waals surface area contributed by atoms with E-state index in [9.17, 15) is 10.1 Å². The minimum absolute atomic E-state index is 0.0365. The highest BCUT2D eigenvalue weighted by atomic mass is 32.2. The van der Waals surface area contributed by atoms with Gasteiger partial charge in [-0.15, -0.1) is 11.8 Å². The van der Waals surface area contributed by atoms with E-state index in [1.165, 1.54) is 28.1 Å². The minimum atomic E-state index is -0.182. The number of nitriles is 1. The van der Waals surface area contributed by atoms with Gasteiger partial charge in [-0.05, 0) is 28.8 Å². The molecule has 1 N–H and O–H groups in total. The van der Waals surface area contributed by atoms with Crippen LogP contribution >= 0.6 is 11.8 Å². The number of nitrogens with one attached hydrogen (secondary N) is 1. The molecule has 1 heterocycles. The van der Waals surface area contributed by atoms with Crippen LogP contribution in [0.25, 0.3) is 10.8 Å².